The highest BCUT2D eigenvalue weighted by Gasteiger charge is 1.95. The van der Waals surface area contributed by atoms with Crippen molar-refractivity contribution in [1.82, 2.24) is 0 Å². The molecule has 0 atom stereocenters. The number of ether oxygens (including phenoxy) is 1. The summed E-state index contributed by atoms with van der Waals surface area (Å²) in [5.74, 6) is 0. The third kappa shape index (κ3) is 3.36. The summed E-state index contributed by atoms with van der Waals surface area (Å²) in [6, 6.07) is 12.1. The minimum Gasteiger partial charge on any atom is -0.399 e. The molecule has 0 amide bonds. The maximum absolute atomic E-state index is 5.62. The highest BCUT2D eigenvalue weighted by Crippen LogP contribution is 2.10. The van der Waals surface area contributed by atoms with Crippen LogP contribution in [0.2, 0.25) is 0 Å². The van der Waals surface area contributed by atoms with Crippen LogP contribution in [0.4, 0.5) is 5.69 Å². The number of nitrogen functional groups attached to an aromatic ring is 1. The molecule has 84 valence electrons. The van der Waals surface area contributed by atoms with Gasteiger partial charge in [-0.15, -0.1) is 11.3 Å². The van der Waals surface area contributed by atoms with Gasteiger partial charge in [0.15, 0.2) is 0 Å². The fraction of sp³-hybridized carbons (Fsp3) is 0.231. The van der Waals surface area contributed by atoms with Crippen molar-refractivity contribution in [3.05, 3.63) is 52.2 Å². The number of nitrogens with two attached hydrogens (primary N) is 1. The first-order valence-corrected chi connectivity index (χ1v) is 6.17. The second-order valence-electron chi connectivity index (χ2n) is 3.62. The van der Waals surface area contributed by atoms with Crippen LogP contribution in [0.25, 0.3) is 0 Å². The van der Waals surface area contributed by atoms with Crippen molar-refractivity contribution < 1.29 is 4.74 Å². The van der Waals surface area contributed by atoms with E-state index in [9.17, 15) is 0 Å². The zero-order chi connectivity index (χ0) is 11.2. The summed E-state index contributed by atoms with van der Waals surface area (Å²) in [5, 5.41) is 2.07. The number of anilines is 1. The molecule has 1 heterocycles. The van der Waals surface area contributed by atoms with Gasteiger partial charge in [-0.1, -0.05) is 18.2 Å². The zero-order valence-electron chi connectivity index (χ0n) is 9.06. The van der Waals surface area contributed by atoms with Crippen molar-refractivity contribution in [1.29, 1.82) is 0 Å². The molecule has 0 aliphatic carbocycles. The topological polar surface area (TPSA) is 35.2 Å². The van der Waals surface area contributed by atoms with Gasteiger partial charge in [0.05, 0.1) is 13.2 Å². The molecule has 0 aliphatic heterocycles. The van der Waals surface area contributed by atoms with Crippen molar-refractivity contribution in [2.45, 2.75) is 13.0 Å². The number of benzene rings is 1. The number of hydrogen-bond donors (Lipinski definition) is 1. The maximum atomic E-state index is 5.62. The molecule has 0 saturated carbocycles. The Labute approximate surface area is 99.7 Å². The first kappa shape index (κ1) is 11.2. The minimum absolute atomic E-state index is 0.715. The van der Waals surface area contributed by atoms with E-state index in [4.69, 9.17) is 10.5 Å². The Hall–Kier alpha value is -1.32. The fourth-order valence-corrected chi connectivity index (χ4v) is 2.08. The first-order valence-electron chi connectivity index (χ1n) is 5.29. The van der Waals surface area contributed by atoms with Crippen molar-refractivity contribution in [2.24, 2.45) is 0 Å². The van der Waals surface area contributed by atoms with Crippen LogP contribution in [-0.4, -0.2) is 6.61 Å². The first-order chi connectivity index (χ1) is 7.84. The Balaban J connectivity index is 1.70. The normalized spacial score (nSPS) is 10.5. The summed E-state index contributed by atoms with van der Waals surface area (Å²) < 4.78 is 5.59. The summed E-state index contributed by atoms with van der Waals surface area (Å²) in [4.78, 5) is 1.28. The summed E-state index contributed by atoms with van der Waals surface area (Å²) in [6.45, 7) is 1.47. The van der Waals surface area contributed by atoms with E-state index in [-0.39, 0.29) is 0 Å². The minimum atomic E-state index is 0.715. The molecule has 0 bridgehead atoms. The van der Waals surface area contributed by atoms with Gasteiger partial charge in [-0.2, -0.15) is 0 Å². The maximum Gasteiger partial charge on any atom is 0.0809 e. The highest BCUT2D eigenvalue weighted by molar-refractivity contribution is 7.09. The van der Waals surface area contributed by atoms with Crippen molar-refractivity contribution in [3.8, 4) is 0 Å². The predicted octanol–water partition coefficient (Wildman–Crippen LogP) is 3.09. The van der Waals surface area contributed by atoms with E-state index in [1.165, 1.54) is 10.4 Å². The zero-order valence-corrected chi connectivity index (χ0v) is 9.87. The van der Waals surface area contributed by atoms with Crippen molar-refractivity contribution >= 4 is 17.0 Å². The van der Waals surface area contributed by atoms with Gasteiger partial charge in [0, 0.05) is 10.6 Å². The summed E-state index contributed by atoms with van der Waals surface area (Å²) in [6.07, 6.45) is 0.936. The Morgan fingerprint density at radius 1 is 1.12 bits per heavy atom. The molecule has 16 heavy (non-hydrogen) atoms. The molecule has 1 aromatic carbocycles. The SMILES string of the molecule is Nc1ccc(CCOCc2cccs2)cc1. The third-order valence-corrected chi connectivity index (χ3v) is 3.19. The van der Waals surface area contributed by atoms with Crippen LogP contribution in [-0.2, 0) is 17.8 Å². The van der Waals surface area contributed by atoms with Gasteiger partial charge in [0.2, 0.25) is 0 Å². The van der Waals surface area contributed by atoms with Gasteiger partial charge < -0.3 is 10.5 Å². The molecule has 2 nitrogen and oxygen atoms in total. The molecule has 0 spiro atoms. The highest BCUT2D eigenvalue weighted by atomic mass is 32.1. The van der Waals surface area contributed by atoms with Crippen molar-refractivity contribution in [2.75, 3.05) is 12.3 Å². The van der Waals surface area contributed by atoms with Gasteiger partial charge in [-0.05, 0) is 35.6 Å². The van der Waals surface area contributed by atoms with E-state index in [0.717, 1.165) is 18.7 Å². The molecule has 3 heteroatoms. The summed E-state index contributed by atoms with van der Waals surface area (Å²) in [5.41, 5.74) is 7.69. The van der Waals surface area contributed by atoms with Gasteiger partial charge >= 0.3 is 0 Å². The Morgan fingerprint density at radius 2 is 1.94 bits per heavy atom. The lowest BCUT2D eigenvalue weighted by Crippen LogP contribution is -1.98. The van der Waals surface area contributed by atoms with Crippen LogP contribution in [0.15, 0.2) is 41.8 Å². The van der Waals surface area contributed by atoms with Crippen LogP contribution in [0.1, 0.15) is 10.4 Å². The molecule has 0 saturated heterocycles. The lowest BCUT2D eigenvalue weighted by Gasteiger charge is -2.03. The van der Waals surface area contributed by atoms with E-state index in [0.29, 0.717) is 6.61 Å². The van der Waals surface area contributed by atoms with Crippen LogP contribution in [0.5, 0.6) is 0 Å². The van der Waals surface area contributed by atoms with E-state index in [2.05, 4.69) is 11.4 Å². The van der Waals surface area contributed by atoms with Gasteiger partial charge in [0.25, 0.3) is 0 Å². The molecule has 0 unspecified atom stereocenters. The van der Waals surface area contributed by atoms with Crippen LogP contribution in [0.3, 0.4) is 0 Å². The monoisotopic (exact) mass is 233 g/mol. The van der Waals surface area contributed by atoms with Gasteiger partial charge in [-0.3, -0.25) is 0 Å². The standard InChI is InChI=1S/C13H15NOS/c14-12-5-3-11(4-6-12)7-8-15-10-13-2-1-9-16-13/h1-6,9H,7-8,10,14H2. The molecule has 0 radical (unpaired) electrons. The average molecular weight is 233 g/mol. The molecule has 2 aromatic rings. The smallest absolute Gasteiger partial charge is 0.0809 e. The molecular formula is C13H15NOS. The van der Waals surface area contributed by atoms with Crippen molar-refractivity contribution in [3.63, 3.8) is 0 Å². The van der Waals surface area contributed by atoms with E-state index in [1.54, 1.807) is 11.3 Å². The second-order valence-corrected chi connectivity index (χ2v) is 4.66. The molecule has 2 N–H and O–H groups in total. The van der Waals surface area contributed by atoms with Crippen LogP contribution >= 0.6 is 11.3 Å². The van der Waals surface area contributed by atoms with E-state index < -0.39 is 0 Å². The summed E-state index contributed by atoms with van der Waals surface area (Å²) in [7, 11) is 0. The van der Waals surface area contributed by atoms with Crippen LogP contribution < -0.4 is 5.73 Å². The molecule has 2 rings (SSSR count). The average Bonchev–Trinajstić information content (AvgIpc) is 2.80. The third-order valence-electron chi connectivity index (χ3n) is 2.34. The quantitative estimate of drug-likeness (QED) is 0.636. The number of hydrogen-bond acceptors (Lipinski definition) is 3. The molecular weight excluding hydrogens is 218 g/mol. The van der Waals surface area contributed by atoms with E-state index >= 15 is 0 Å². The largest absolute Gasteiger partial charge is 0.399 e. The molecule has 1 aromatic heterocycles. The Morgan fingerprint density at radius 3 is 2.62 bits per heavy atom. The number of rotatable bonds is 5. The van der Waals surface area contributed by atoms with Gasteiger partial charge in [0.1, 0.15) is 0 Å². The Bertz CT molecular complexity index is 408. The molecule has 0 aliphatic rings. The second kappa shape index (κ2) is 5.68. The Kier molecular flexibility index (Phi) is 3.97. The molecule has 0 fully saturated rings. The lowest BCUT2D eigenvalue weighted by molar-refractivity contribution is 0.126. The predicted molar refractivity (Wildman–Crippen MR) is 68.5 cm³/mol. The van der Waals surface area contributed by atoms with Gasteiger partial charge in [-0.25, -0.2) is 0 Å². The summed E-state index contributed by atoms with van der Waals surface area (Å²) >= 11 is 1.73. The lowest BCUT2D eigenvalue weighted by atomic mass is 10.1. The number of thiophene rings is 1. The fourth-order valence-electron chi connectivity index (χ4n) is 1.44. The van der Waals surface area contributed by atoms with E-state index in [1.807, 2.05) is 30.3 Å². The van der Waals surface area contributed by atoms with Crippen LogP contribution in [0, 0.1) is 0 Å².